The van der Waals surface area contributed by atoms with Crippen LogP contribution in [-0.2, 0) is 9.53 Å². The number of amides is 2. The van der Waals surface area contributed by atoms with Gasteiger partial charge in [-0.1, -0.05) is 6.07 Å². The molecule has 148 valence electrons. The van der Waals surface area contributed by atoms with Crippen LogP contribution in [0.3, 0.4) is 0 Å². The van der Waals surface area contributed by atoms with Crippen LogP contribution < -0.4 is 14.8 Å². The number of benzene rings is 1. The molecule has 0 saturated carbocycles. The lowest BCUT2D eigenvalue weighted by Crippen LogP contribution is -2.52. The number of rotatable bonds is 5. The highest BCUT2D eigenvalue weighted by Crippen LogP contribution is 2.31. The first-order chi connectivity index (χ1) is 13.1. The molecule has 1 N–H and O–H groups in total. The Bertz CT molecular complexity index is 667. The summed E-state index contributed by atoms with van der Waals surface area (Å²) in [5.74, 6) is 0.954. The van der Waals surface area contributed by atoms with E-state index in [0.717, 1.165) is 6.54 Å². The van der Waals surface area contributed by atoms with E-state index in [2.05, 4.69) is 5.32 Å². The fraction of sp³-hybridized carbons (Fsp3) is 0.579. The zero-order valence-electron chi connectivity index (χ0n) is 15.9. The first-order valence-electron chi connectivity index (χ1n) is 9.23. The Morgan fingerprint density at radius 3 is 2.52 bits per heavy atom. The van der Waals surface area contributed by atoms with E-state index in [1.807, 2.05) is 4.90 Å². The smallest absolute Gasteiger partial charge is 0.257 e. The number of hydrogen-bond donors (Lipinski definition) is 1. The van der Waals surface area contributed by atoms with Gasteiger partial charge in [-0.3, -0.25) is 9.59 Å². The Morgan fingerprint density at radius 1 is 1.15 bits per heavy atom. The molecule has 0 bridgehead atoms. The number of nitrogens with one attached hydrogen (secondary N) is 1. The standard InChI is InChI=1S/C19H27N3O5/c1-25-16-5-3-4-15(18(16)26-2)19(24)22-9-7-21(8-10-22)17(23)12-14-13-27-11-6-20-14/h3-5,14,20H,6-13H2,1-2H3. The third kappa shape index (κ3) is 4.51. The van der Waals surface area contributed by atoms with Crippen LogP contribution in [0, 0.1) is 0 Å². The number of ether oxygens (including phenoxy) is 3. The van der Waals surface area contributed by atoms with E-state index in [9.17, 15) is 9.59 Å². The van der Waals surface area contributed by atoms with Gasteiger partial charge in [0.1, 0.15) is 0 Å². The van der Waals surface area contributed by atoms with Gasteiger partial charge in [0.25, 0.3) is 5.91 Å². The number of morpholine rings is 1. The number of nitrogens with zero attached hydrogens (tertiary/aromatic N) is 2. The molecule has 2 heterocycles. The fourth-order valence-electron chi connectivity index (χ4n) is 3.48. The molecule has 2 aliphatic rings. The summed E-state index contributed by atoms with van der Waals surface area (Å²) in [4.78, 5) is 29.0. The zero-order chi connectivity index (χ0) is 19.2. The van der Waals surface area contributed by atoms with Crippen molar-refractivity contribution >= 4 is 11.8 Å². The molecule has 1 unspecified atom stereocenters. The normalized spacial score (nSPS) is 20.3. The molecular formula is C19H27N3O5. The topological polar surface area (TPSA) is 80.3 Å². The van der Waals surface area contributed by atoms with Crippen LogP contribution in [0.5, 0.6) is 11.5 Å². The van der Waals surface area contributed by atoms with Crippen molar-refractivity contribution in [1.82, 2.24) is 15.1 Å². The van der Waals surface area contributed by atoms with Gasteiger partial charge in [0.15, 0.2) is 11.5 Å². The molecule has 2 saturated heterocycles. The quantitative estimate of drug-likeness (QED) is 0.799. The largest absolute Gasteiger partial charge is 0.493 e. The molecule has 1 atom stereocenters. The minimum atomic E-state index is -0.111. The van der Waals surface area contributed by atoms with Crippen molar-refractivity contribution in [1.29, 1.82) is 0 Å². The molecule has 0 aromatic heterocycles. The van der Waals surface area contributed by atoms with Gasteiger partial charge < -0.3 is 29.3 Å². The van der Waals surface area contributed by atoms with Crippen molar-refractivity contribution in [2.24, 2.45) is 0 Å². The van der Waals surface area contributed by atoms with E-state index < -0.39 is 0 Å². The summed E-state index contributed by atoms with van der Waals surface area (Å²) in [5.41, 5.74) is 0.472. The SMILES string of the molecule is COc1cccc(C(=O)N2CCN(C(=O)CC3COCCN3)CC2)c1OC. The maximum Gasteiger partial charge on any atom is 0.257 e. The van der Waals surface area contributed by atoms with E-state index in [4.69, 9.17) is 14.2 Å². The van der Waals surface area contributed by atoms with Crippen molar-refractivity contribution in [3.8, 4) is 11.5 Å². The zero-order valence-corrected chi connectivity index (χ0v) is 15.9. The highest BCUT2D eigenvalue weighted by atomic mass is 16.5. The van der Waals surface area contributed by atoms with Crippen molar-refractivity contribution in [2.45, 2.75) is 12.5 Å². The van der Waals surface area contributed by atoms with E-state index in [-0.39, 0.29) is 17.9 Å². The monoisotopic (exact) mass is 377 g/mol. The van der Waals surface area contributed by atoms with E-state index in [1.165, 1.54) is 7.11 Å². The van der Waals surface area contributed by atoms with Gasteiger partial charge >= 0.3 is 0 Å². The molecule has 3 rings (SSSR count). The number of piperazine rings is 1. The van der Waals surface area contributed by atoms with Crippen LogP contribution in [0.2, 0.25) is 0 Å². The third-order valence-corrected chi connectivity index (χ3v) is 4.97. The maximum absolute atomic E-state index is 12.9. The summed E-state index contributed by atoms with van der Waals surface area (Å²) >= 11 is 0. The van der Waals surface area contributed by atoms with Crippen LogP contribution in [0.1, 0.15) is 16.8 Å². The third-order valence-electron chi connectivity index (χ3n) is 4.97. The van der Waals surface area contributed by atoms with Crippen molar-refractivity contribution in [3.05, 3.63) is 23.8 Å². The van der Waals surface area contributed by atoms with Gasteiger partial charge in [0.05, 0.1) is 33.0 Å². The molecule has 1 aromatic rings. The molecule has 2 aliphatic heterocycles. The molecule has 27 heavy (non-hydrogen) atoms. The Kier molecular flexibility index (Phi) is 6.52. The van der Waals surface area contributed by atoms with Crippen LogP contribution in [0.4, 0.5) is 0 Å². The molecule has 2 amide bonds. The second-order valence-corrected chi connectivity index (χ2v) is 6.64. The van der Waals surface area contributed by atoms with Crippen LogP contribution in [-0.4, -0.2) is 87.8 Å². The van der Waals surface area contributed by atoms with Crippen molar-refractivity contribution in [2.75, 3.05) is 60.2 Å². The Hall–Kier alpha value is -2.32. The molecule has 0 spiro atoms. The fourth-order valence-corrected chi connectivity index (χ4v) is 3.48. The molecule has 0 radical (unpaired) electrons. The van der Waals surface area contributed by atoms with Gasteiger partial charge in [-0.2, -0.15) is 0 Å². The van der Waals surface area contributed by atoms with Crippen LogP contribution in [0.15, 0.2) is 18.2 Å². The number of carbonyl (C=O) groups is 2. The summed E-state index contributed by atoms with van der Waals surface area (Å²) in [7, 11) is 3.07. The molecule has 8 heteroatoms. The molecule has 1 aromatic carbocycles. The lowest BCUT2D eigenvalue weighted by atomic mass is 10.1. The Labute approximate surface area is 159 Å². The van der Waals surface area contributed by atoms with Crippen molar-refractivity contribution in [3.63, 3.8) is 0 Å². The minimum Gasteiger partial charge on any atom is -0.493 e. The average Bonchev–Trinajstić information content (AvgIpc) is 2.73. The van der Waals surface area contributed by atoms with Gasteiger partial charge in [-0.15, -0.1) is 0 Å². The lowest BCUT2D eigenvalue weighted by molar-refractivity contribution is -0.133. The summed E-state index contributed by atoms with van der Waals surface area (Å²) in [6, 6.07) is 5.34. The maximum atomic E-state index is 12.9. The summed E-state index contributed by atoms with van der Waals surface area (Å²) in [5, 5.41) is 3.30. The van der Waals surface area contributed by atoms with E-state index in [0.29, 0.717) is 62.9 Å². The number of hydrogen-bond acceptors (Lipinski definition) is 6. The number of carbonyl (C=O) groups excluding carboxylic acids is 2. The Morgan fingerprint density at radius 2 is 1.89 bits per heavy atom. The first-order valence-corrected chi connectivity index (χ1v) is 9.23. The Balaban J connectivity index is 1.57. The predicted octanol–water partition coefficient (Wildman–Crippen LogP) is 0.367. The van der Waals surface area contributed by atoms with Gasteiger partial charge in [0, 0.05) is 45.2 Å². The second-order valence-electron chi connectivity index (χ2n) is 6.64. The van der Waals surface area contributed by atoms with E-state index >= 15 is 0 Å². The number of methoxy groups -OCH3 is 2. The van der Waals surface area contributed by atoms with Crippen molar-refractivity contribution < 1.29 is 23.8 Å². The first kappa shape index (κ1) is 19.4. The second kappa shape index (κ2) is 9.05. The lowest BCUT2D eigenvalue weighted by Gasteiger charge is -2.36. The summed E-state index contributed by atoms with van der Waals surface area (Å²) in [6.45, 7) is 4.11. The summed E-state index contributed by atoms with van der Waals surface area (Å²) in [6.07, 6.45) is 0.428. The average molecular weight is 377 g/mol. The molecule has 0 aliphatic carbocycles. The molecule has 8 nitrogen and oxygen atoms in total. The van der Waals surface area contributed by atoms with Crippen LogP contribution in [0.25, 0.3) is 0 Å². The predicted molar refractivity (Wildman–Crippen MR) is 99.3 cm³/mol. The van der Waals surface area contributed by atoms with Gasteiger partial charge in [0.2, 0.25) is 5.91 Å². The highest BCUT2D eigenvalue weighted by Gasteiger charge is 2.28. The minimum absolute atomic E-state index is 0.0759. The van der Waals surface area contributed by atoms with Gasteiger partial charge in [-0.25, -0.2) is 0 Å². The summed E-state index contributed by atoms with van der Waals surface area (Å²) < 4.78 is 16.0. The number of para-hydroxylation sites is 1. The van der Waals surface area contributed by atoms with Crippen LogP contribution >= 0.6 is 0 Å². The molecular weight excluding hydrogens is 350 g/mol. The molecule has 2 fully saturated rings. The van der Waals surface area contributed by atoms with E-state index in [1.54, 1.807) is 30.2 Å². The van der Waals surface area contributed by atoms with Gasteiger partial charge in [-0.05, 0) is 12.1 Å². The highest BCUT2D eigenvalue weighted by molar-refractivity contribution is 5.98.